The van der Waals surface area contributed by atoms with Gasteiger partial charge in [-0.25, -0.2) is 0 Å². The lowest BCUT2D eigenvalue weighted by molar-refractivity contribution is -0.359. The topological polar surface area (TPSA) is 228 Å². The summed E-state index contributed by atoms with van der Waals surface area (Å²) in [6.07, 6.45) is 11.3. The second kappa shape index (κ2) is 30.7. The van der Waals surface area contributed by atoms with E-state index in [1.807, 2.05) is 6.08 Å². The second-order valence-electron chi connectivity index (χ2n) is 15.8. The van der Waals surface area contributed by atoms with Crippen molar-refractivity contribution in [2.75, 3.05) is 19.8 Å². The van der Waals surface area contributed by atoms with Gasteiger partial charge in [-0.2, -0.15) is 0 Å². The third-order valence-electron chi connectivity index (χ3n) is 11.0. The molecular weight excluding hydrogens is 726 g/mol. The monoisotopic (exact) mass is 806 g/mol. The highest BCUT2D eigenvalue weighted by molar-refractivity contribution is 5.76. The molecule has 0 aromatic rings. The number of aliphatic hydroxyl groups is 8. The van der Waals surface area contributed by atoms with Gasteiger partial charge < -0.3 is 65.1 Å². The van der Waals surface area contributed by atoms with Crippen molar-refractivity contribution in [2.24, 2.45) is 0 Å². The highest BCUT2D eigenvalue weighted by atomic mass is 16.7. The number of amides is 1. The van der Waals surface area contributed by atoms with Crippen molar-refractivity contribution >= 4 is 5.91 Å². The first kappa shape index (κ1) is 50.9. The molecule has 0 aromatic carbocycles. The van der Waals surface area contributed by atoms with Crippen LogP contribution in [0.3, 0.4) is 0 Å². The highest BCUT2D eigenvalue weighted by Gasteiger charge is 2.50. The van der Waals surface area contributed by atoms with Crippen molar-refractivity contribution in [3.05, 3.63) is 12.2 Å². The van der Waals surface area contributed by atoms with Crippen LogP contribution in [0.25, 0.3) is 0 Å². The van der Waals surface area contributed by atoms with Gasteiger partial charge in [0.25, 0.3) is 0 Å². The molecule has 0 bridgehead atoms. The maximum Gasteiger partial charge on any atom is 0.220 e. The lowest BCUT2D eigenvalue weighted by atomic mass is 9.97. The molecule has 2 fully saturated rings. The average Bonchev–Trinajstić information content (AvgIpc) is 3.19. The normalized spacial score (nSPS) is 29.5. The number of allylic oxidation sites excluding steroid dienone is 1. The number of hydrogen-bond donors (Lipinski definition) is 9. The Morgan fingerprint density at radius 3 is 1.64 bits per heavy atom. The number of nitrogens with one attached hydrogen (secondary N) is 1. The van der Waals surface area contributed by atoms with Crippen LogP contribution in [0.1, 0.15) is 155 Å². The molecule has 14 nitrogen and oxygen atoms in total. The Morgan fingerprint density at radius 1 is 0.625 bits per heavy atom. The fraction of sp³-hybridized carbons (Fsp3) is 0.929. The molecule has 2 aliphatic rings. The Hall–Kier alpha value is -1.27. The largest absolute Gasteiger partial charge is 0.394 e. The molecule has 12 atom stereocenters. The molecule has 0 aromatic heterocycles. The van der Waals surface area contributed by atoms with Crippen LogP contribution >= 0.6 is 0 Å². The number of hydrogen-bond acceptors (Lipinski definition) is 13. The molecule has 9 N–H and O–H groups in total. The predicted octanol–water partition coefficient (Wildman–Crippen LogP) is 3.65. The molecule has 0 spiro atoms. The van der Waals surface area contributed by atoms with Gasteiger partial charge in [-0.15, -0.1) is 0 Å². The van der Waals surface area contributed by atoms with Gasteiger partial charge in [0, 0.05) is 6.42 Å². The summed E-state index contributed by atoms with van der Waals surface area (Å²) in [7, 11) is 0. The van der Waals surface area contributed by atoms with E-state index in [9.17, 15) is 45.6 Å². The van der Waals surface area contributed by atoms with Crippen LogP contribution in [0.15, 0.2) is 12.2 Å². The van der Waals surface area contributed by atoms with Gasteiger partial charge >= 0.3 is 0 Å². The van der Waals surface area contributed by atoms with E-state index in [0.29, 0.717) is 6.42 Å². The van der Waals surface area contributed by atoms with Crippen LogP contribution in [-0.2, 0) is 23.7 Å². The van der Waals surface area contributed by atoms with Gasteiger partial charge in [0.15, 0.2) is 12.6 Å². The second-order valence-corrected chi connectivity index (χ2v) is 15.8. The Kier molecular flexibility index (Phi) is 27.9. The van der Waals surface area contributed by atoms with Crippen molar-refractivity contribution in [1.82, 2.24) is 5.32 Å². The molecule has 0 radical (unpaired) electrons. The van der Waals surface area contributed by atoms with Crippen LogP contribution in [-0.4, -0.2) is 140 Å². The summed E-state index contributed by atoms with van der Waals surface area (Å²) in [5.74, 6) is -0.245. The molecular formula is C42H79NO13. The van der Waals surface area contributed by atoms with E-state index in [2.05, 4.69) is 19.2 Å². The Labute approximate surface area is 336 Å². The van der Waals surface area contributed by atoms with Crippen LogP contribution in [0, 0.1) is 0 Å². The first-order valence-electron chi connectivity index (χ1n) is 21.9. The quantitative estimate of drug-likeness (QED) is 0.0350. The Balaban J connectivity index is 1.93. The van der Waals surface area contributed by atoms with E-state index in [4.69, 9.17) is 18.9 Å². The SMILES string of the molecule is CCCCCCCCCCCCC/C=C/C(O)C(COC1OC(CO)C(OC2OC(CO)C(O)C(O)C2O)C(O)C1O)NC(=O)CCCCCCCCCCC. The molecule has 2 heterocycles. The molecule has 0 aliphatic carbocycles. The standard InChI is InChI=1S/C42H79NO13/c1-3-5-7-9-11-13-14-15-16-18-19-21-23-25-31(46)30(43-34(47)26-24-22-20-17-12-10-8-6-4-2)29-53-41-39(52)37(50)40(33(28-45)55-41)56-42-38(51)36(49)35(48)32(27-44)54-42/h23,25,30-33,35-42,44-46,48-52H,3-22,24,26-29H2,1-2H3,(H,43,47)/b25-23+. The van der Waals surface area contributed by atoms with E-state index < -0.39 is 86.8 Å². The van der Waals surface area contributed by atoms with Gasteiger partial charge in [0.2, 0.25) is 5.91 Å². The van der Waals surface area contributed by atoms with E-state index in [1.54, 1.807) is 6.08 Å². The van der Waals surface area contributed by atoms with Crippen molar-refractivity contribution in [3.8, 4) is 0 Å². The smallest absolute Gasteiger partial charge is 0.220 e. The van der Waals surface area contributed by atoms with Gasteiger partial charge in [0.05, 0.1) is 32.0 Å². The maximum atomic E-state index is 13.0. The lowest BCUT2D eigenvalue weighted by Crippen LogP contribution is -2.65. The summed E-state index contributed by atoms with van der Waals surface area (Å²) in [6, 6.07) is -0.904. The first-order valence-corrected chi connectivity index (χ1v) is 21.9. The Bertz CT molecular complexity index is 1000. The third-order valence-corrected chi connectivity index (χ3v) is 11.0. The van der Waals surface area contributed by atoms with Gasteiger partial charge in [0.1, 0.15) is 48.8 Å². The summed E-state index contributed by atoms with van der Waals surface area (Å²) < 4.78 is 22.6. The van der Waals surface area contributed by atoms with E-state index in [-0.39, 0.29) is 18.9 Å². The summed E-state index contributed by atoms with van der Waals surface area (Å²) in [5.41, 5.74) is 0. The predicted molar refractivity (Wildman–Crippen MR) is 212 cm³/mol. The molecule has 2 saturated heterocycles. The number of carbonyl (C=O) groups excluding carboxylic acids is 1. The number of rotatable bonds is 32. The summed E-state index contributed by atoms with van der Waals surface area (Å²) in [5, 5.41) is 86.2. The van der Waals surface area contributed by atoms with Crippen LogP contribution in [0.5, 0.6) is 0 Å². The zero-order chi connectivity index (χ0) is 41.1. The third kappa shape index (κ3) is 19.2. The van der Waals surface area contributed by atoms with E-state index in [0.717, 1.165) is 38.5 Å². The van der Waals surface area contributed by atoms with Crippen LogP contribution in [0.4, 0.5) is 0 Å². The summed E-state index contributed by atoms with van der Waals surface area (Å²) in [4.78, 5) is 13.0. The molecule has 330 valence electrons. The molecule has 2 rings (SSSR count). The van der Waals surface area contributed by atoms with Crippen molar-refractivity contribution in [3.63, 3.8) is 0 Å². The lowest BCUT2D eigenvalue weighted by Gasteiger charge is -2.46. The fourth-order valence-corrected chi connectivity index (χ4v) is 7.29. The van der Waals surface area contributed by atoms with Crippen LogP contribution in [0.2, 0.25) is 0 Å². The molecule has 0 saturated carbocycles. The summed E-state index contributed by atoms with van der Waals surface area (Å²) >= 11 is 0. The molecule has 1 amide bonds. The van der Waals surface area contributed by atoms with Crippen molar-refractivity contribution in [2.45, 2.75) is 229 Å². The number of ether oxygens (including phenoxy) is 4. The van der Waals surface area contributed by atoms with Gasteiger partial charge in [-0.1, -0.05) is 142 Å². The minimum Gasteiger partial charge on any atom is -0.394 e. The fourth-order valence-electron chi connectivity index (χ4n) is 7.29. The molecule has 14 heteroatoms. The highest BCUT2D eigenvalue weighted by Crippen LogP contribution is 2.30. The van der Waals surface area contributed by atoms with E-state index >= 15 is 0 Å². The van der Waals surface area contributed by atoms with E-state index in [1.165, 1.54) is 89.9 Å². The number of carbonyl (C=O) groups is 1. The first-order chi connectivity index (χ1) is 27.1. The average molecular weight is 806 g/mol. The minimum atomic E-state index is -1.78. The number of unbranched alkanes of at least 4 members (excludes halogenated alkanes) is 19. The van der Waals surface area contributed by atoms with Gasteiger partial charge in [-0.3, -0.25) is 4.79 Å². The van der Waals surface area contributed by atoms with Crippen molar-refractivity contribution < 1.29 is 64.6 Å². The molecule has 12 unspecified atom stereocenters. The number of aliphatic hydroxyl groups excluding tert-OH is 8. The minimum absolute atomic E-state index is 0.245. The van der Waals surface area contributed by atoms with Crippen LogP contribution < -0.4 is 5.32 Å². The zero-order valence-corrected chi connectivity index (χ0v) is 34.4. The summed E-state index contributed by atoms with van der Waals surface area (Å²) in [6.45, 7) is 2.72. The molecule has 2 aliphatic heterocycles. The molecule has 56 heavy (non-hydrogen) atoms. The zero-order valence-electron chi connectivity index (χ0n) is 34.4. The van der Waals surface area contributed by atoms with Gasteiger partial charge in [-0.05, 0) is 19.3 Å². The Morgan fingerprint density at radius 2 is 1.11 bits per heavy atom. The van der Waals surface area contributed by atoms with Crippen molar-refractivity contribution in [1.29, 1.82) is 0 Å². The maximum absolute atomic E-state index is 13.0.